The minimum absolute atomic E-state index is 0.0647. The van der Waals surface area contributed by atoms with E-state index in [1.54, 1.807) is 25.2 Å². The molecule has 3 heterocycles. The Bertz CT molecular complexity index is 1050. The summed E-state index contributed by atoms with van der Waals surface area (Å²) in [7, 11) is 3.22. The number of ether oxygens (including phenoxy) is 2. The van der Waals surface area contributed by atoms with E-state index < -0.39 is 0 Å². The second-order valence-electron chi connectivity index (χ2n) is 8.17. The maximum atomic E-state index is 13.4. The zero-order chi connectivity index (χ0) is 22.7. The summed E-state index contributed by atoms with van der Waals surface area (Å²) >= 11 is 0. The van der Waals surface area contributed by atoms with Crippen LogP contribution in [0.4, 0.5) is 0 Å². The summed E-state index contributed by atoms with van der Waals surface area (Å²) in [5.41, 5.74) is 4.90. The van der Waals surface area contributed by atoms with Gasteiger partial charge >= 0.3 is 0 Å². The van der Waals surface area contributed by atoms with Gasteiger partial charge in [0.25, 0.3) is 5.91 Å². The van der Waals surface area contributed by atoms with Gasteiger partial charge in [0, 0.05) is 38.0 Å². The van der Waals surface area contributed by atoms with Crippen LogP contribution in [0.1, 0.15) is 25.8 Å². The van der Waals surface area contributed by atoms with E-state index in [4.69, 9.17) is 9.47 Å². The molecule has 0 aliphatic carbocycles. The monoisotopic (exact) mass is 433 g/mol. The molecule has 6 nitrogen and oxygen atoms in total. The Labute approximate surface area is 190 Å². The lowest BCUT2D eigenvalue weighted by molar-refractivity contribution is -0.122. The first-order chi connectivity index (χ1) is 15.5. The number of methoxy groups -OCH3 is 2. The van der Waals surface area contributed by atoms with Crippen molar-refractivity contribution < 1.29 is 14.3 Å². The average Bonchev–Trinajstić information content (AvgIpc) is 2.81. The highest BCUT2D eigenvalue weighted by atomic mass is 16.5. The van der Waals surface area contributed by atoms with Crippen molar-refractivity contribution in [3.63, 3.8) is 0 Å². The molecule has 168 valence electrons. The molecule has 1 amide bonds. The molecule has 1 atom stereocenters. The van der Waals surface area contributed by atoms with Gasteiger partial charge in [-0.1, -0.05) is 25.1 Å². The fraction of sp³-hybridized carbons (Fsp3) is 0.346. The van der Waals surface area contributed by atoms with Gasteiger partial charge in [-0.05, 0) is 54.3 Å². The summed E-state index contributed by atoms with van der Waals surface area (Å²) in [5, 5.41) is 3.48. The van der Waals surface area contributed by atoms with Crippen molar-refractivity contribution in [3.05, 3.63) is 77.3 Å². The molecular formula is C26H31N3O3. The van der Waals surface area contributed by atoms with Gasteiger partial charge in [0.15, 0.2) is 11.5 Å². The molecular weight excluding hydrogens is 402 g/mol. The molecule has 1 aromatic carbocycles. The number of rotatable bonds is 5. The topological polar surface area (TPSA) is 54.0 Å². The summed E-state index contributed by atoms with van der Waals surface area (Å²) in [6.07, 6.45) is 12.7. The van der Waals surface area contributed by atoms with Gasteiger partial charge in [-0.25, -0.2) is 0 Å². The first kappa shape index (κ1) is 22.0. The van der Waals surface area contributed by atoms with E-state index >= 15 is 0 Å². The number of nitrogens with one attached hydrogen (secondary N) is 1. The second kappa shape index (κ2) is 9.49. The van der Waals surface area contributed by atoms with Crippen molar-refractivity contribution in [2.24, 2.45) is 0 Å². The summed E-state index contributed by atoms with van der Waals surface area (Å²) in [4.78, 5) is 17.6. The third-order valence-corrected chi connectivity index (χ3v) is 6.05. The summed E-state index contributed by atoms with van der Waals surface area (Å²) in [6, 6.07) is 6.11. The maximum Gasteiger partial charge on any atom is 0.255 e. The van der Waals surface area contributed by atoms with Crippen LogP contribution in [0, 0.1) is 0 Å². The third kappa shape index (κ3) is 4.36. The number of fused-ring (bicyclic) bond motifs is 1. The highest BCUT2D eigenvalue weighted by molar-refractivity contribution is 6.00. The number of benzene rings is 1. The average molecular weight is 434 g/mol. The minimum Gasteiger partial charge on any atom is -0.493 e. The number of carbonyl (C=O) groups is 1. The normalized spacial score (nSPS) is 23.6. The Morgan fingerprint density at radius 1 is 1.16 bits per heavy atom. The molecule has 0 spiro atoms. The molecule has 3 aliphatic rings. The zero-order valence-corrected chi connectivity index (χ0v) is 19.2. The van der Waals surface area contributed by atoms with E-state index in [9.17, 15) is 4.79 Å². The molecule has 1 fully saturated rings. The fourth-order valence-electron chi connectivity index (χ4n) is 4.33. The van der Waals surface area contributed by atoms with Crippen LogP contribution in [0.2, 0.25) is 0 Å². The van der Waals surface area contributed by atoms with Gasteiger partial charge in [-0.2, -0.15) is 0 Å². The van der Waals surface area contributed by atoms with E-state index in [2.05, 4.69) is 30.1 Å². The van der Waals surface area contributed by atoms with Gasteiger partial charge in [0.2, 0.25) is 0 Å². The van der Waals surface area contributed by atoms with Gasteiger partial charge in [-0.15, -0.1) is 0 Å². The number of hydrogen-bond donors (Lipinski definition) is 1. The van der Waals surface area contributed by atoms with Crippen molar-refractivity contribution in [2.75, 3.05) is 33.9 Å². The molecule has 0 bridgehead atoms. The van der Waals surface area contributed by atoms with E-state index in [1.807, 2.05) is 42.6 Å². The molecule has 32 heavy (non-hydrogen) atoms. The van der Waals surface area contributed by atoms with Crippen LogP contribution >= 0.6 is 0 Å². The van der Waals surface area contributed by atoms with Crippen LogP contribution in [0.5, 0.6) is 11.5 Å². The van der Waals surface area contributed by atoms with Gasteiger partial charge in [0.1, 0.15) is 0 Å². The largest absolute Gasteiger partial charge is 0.493 e. The Kier molecular flexibility index (Phi) is 6.51. The van der Waals surface area contributed by atoms with Crippen molar-refractivity contribution >= 4 is 11.5 Å². The Morgan fingerprint density at radius 2 is 1.97 bits per heavy atom. The maximum absolute atomic E-state index is 13.4. The van der Waals surface area contributed by atoms with Gasteiger partial charge in [-0.3, -0.25) is 9.69 Å². The molecule has 0 unspecified atom stereocenters. The number of nitrogens with zero attached hydrogens (tertiary/aromatic N) is 2. The standard InChI is InChI=1S/C26H31N3O3/c1-5-19-13-22(28-12-11-27-18(2)16-28)17-29-23(19)8-6-7-20(15-26(29)30)21-9-10-24(31-3)25(14-21)32-4/h6-10,13-15,17-18,27H,5,11-12,16H2,1-4H3/b7-6+,20-15+,23-8?/t18-/m1/s1. The Hall–Kier alpha value is -3.25. The van der Waals surface area contributed by atoms with E-state index in [-0.39, 0.29) is 5.91 Å². The lowest BCUT2D eigenvalue weighted by atomic mass is 9.98. The smallest absolute Gasteiger partial charge is 0.255 e. The van der Waals surface area contributed by atoms with Crippen molar-refractivity contribution in [3.8, 4) is 11.5 Å². The molecule has 3 aliphatic heterocycles. The lowest BCUT2D eigenvalue weighted by Gasteiger charge is -2.38. The van der Waals surface area contributed by atoms with Crippen LogP contribution < -0.4 is 14.8 Å². The van der Waals surface area contributed by atoms with Crippen molar-refractivity contribution in [2.45, 2.75) is 26.3 Å². The van der Waals surface area contributed by atoms with Gasteiger partial charge in [0.05, 0.1) is 25.6 Å². The Morgan fingerprint density at radius 3 is 2.69 bits per heavy atom. The highest BCUT2D eigenvalue weighted by Crippen LogP contribution is 2.33. The highest BCUT2D eigenvalue weighted by Gasteiger charge is 2.26. The summed E-state index contributed by atoms with van der Waals surface area (Å²) in [6.45, 7) is 7.11. The second-order valence-corrected chi connectivity index (χ2v) is 8.17. The molecule has 6 heteroatoms. The number of amides is 1. The van der Waals surface area contributed by atoms with Crippen molar-refractivity contribution in [1.29, 1.82) is 0 Å². The summed E-state index contributed by atoms with van der Waals surface area (Å²) < 4.78 is 10.8. The van der Waals surface area contributed by atoms with Crippen LogP contribution in [0.3, 0.4) is 0 Å². The van der Waals surface area contributed by atoms with Crippen molar-refractivity contribution in [1.82, 2.24) is 15.1 Å². The first-order valence-corrected chi connectivity index (χ1v) is 11.1. The SMILES string of the molecule is CCC1=CC(N2CCN[C@H](C)C2)=CN2C(=O)/C=C(c3ccc(OC)c(OC)c3)\C=C\C=C12. The molecule has 1 aromatic rings. The van der Waals surface area contributed by atoms with Crippen LogP contribution in [0.15, 0.2) is 71.7 Å². The molecule has 4 rings (SSSR count). The lowest BCUT2D eigenvalue weighted by Crippen LogP contribution is -2.49. The van der Waals surface area contributed by atoms with E-state index in [0.717, 1.165) is 54.2 Å². The van der Waals surface area contributed by atoms with Crippen LogP contribution in [-0.4, -0.2) is 55.6 Å². The predicted octanol–water partition coefficient (Wildman–Crippen LogP) is 3.85. The number of piperazine rings is 1. The van der Waals surface area contributed by atoms with Crippen LogP contribution in [-0.2, 0) is 4.79 Å². The molecule has 1 N–H and O–H groups in total. The molecule has 0 radical (unpaired) electrons. The molecule has 1 saturated heterocycles. The third-order valence-electron chi connectivity index (χ3n) is 6.05. The minimum atomic E-state index is -0.0647. The zero-order valence-electron chi connectivity index (χ0n) is 19.2. The van der Waals surface area contributed by atoms with E-state index in [1.165, 1.54) is 0 Å². The predicted molar refractivity (Wildman–Crippen MR) is 127 cm³/mol. The number of hydrogen-bond acceptors (Lipinski definition) is 5. The Balaban J connectivity index is 1.71. The van der Waals surface area contributed by atoms with Gasteiger partial charge < -0.3 is 19.7 Å². The fourth-order valence-corrected chi connectivity index (χ4v) is 4.33. The number of carbonyl (C=O) groups excluding carboxylic acids is 1. The molecule has 0 aromatic heterocycles. The summed E-state index contributed by atoms with van der Waals surface area (Å²) in [5.74, 6) is 1.23. The molecule has 0 saturated carbocycles. The number of allylic oxidation sites excluding steroid dienone is 6. The van der Waals surface area contributed by atoms with E-state index in [0.29, 0.717) is 17.5 Å². The quantitative estimate of drug-likeness (QED) is 0.764. The van der Waals surface area contributed by atoms with Crippen LogP contribution in [0.25, 0.3) is 5.57 Å². The first-order valence-electron chi connectivity index (χ1n) is 11.1.